The number of pyridine rings is 1. The standard InChI is InChI=1S/C27H32N4O4S/c1-20-5-2-3-6-22(20)18-28-27(32)23-7-4-12-30(19-23)26-11-8-21-17-24(9-10-25(21)29-26)36(33,34)31-13-15-35-16-14-31/h2-3,5-6,8-11,17,23H,4,7,12-16,18-19H2,1H3,(H,28,32)/t23-/m0/s1. The molecule has 1 aromatic heterocycles. The van der Waals surface area contributed by atoms with E-state index in [-0.39, 0.29) is 16.7 Å². The molecule has 0 unspecified atom stereocenters. The van der Waals surface area contributed by atoms with Crippen molar-refractivity contribution in [2.45, 2.75) is 31.2 Å². The topological polar surface area (TPSA) is 91.8 Å². The van der Waals surface area contributed by atoms with Crippen LogP contribution in [0.5, 0.6) is 0 Å². The van der Waals surface area contributed by atoms with Crippen LogP contribution in [0.1, 0.15) is 24.0 Å². The molecule has 8 nitrogen and oxygen atoms in total. The van der Waals surface area contributed by atoms with Crippen LogP contribution < -0.4 is 10.2 Å². The third-order valence-electron chi connectivity index (χ3n) is 7.08. The summed E-state index contributed by atoms with van der Waals surface area (Å²) >= 11 is 0. The number of aryl methyl sites for hydroxylation is 1. The Kier molecular flexibility index (Phi) is 7.22. The van der Waals surface area contributed by atoms with Crippen LogP contribution in [0, 0.1) is 12.8 Å². The van der Waals surface area contributed by atoms with Gasteiger partial charge in [-0.25, -0.2) is 13.4 Å². The Labute approximate surface area is 212 Å². The van der Waals surface area contributed by atoms with Crippen molar-refractivity contribution in [2.75, 3.05) is 44.3 Å². The summed E-state index contributed by atoms with van der Waals surface area (Å²) in [5.74, 6) is 0.783. The van der Waals surface area contributed by atoms with E-state index in [0.717, 1.165) is 41.7 Å². The Bertz CT molecular complexity index is 1350. The fourth-order valence-electron chi connectivity index (χ4n) is 4.90. The Hall–Kier alpha value is -3.01. The van der Waals surface area contributed by atoms with Crippen LogP contribution in [0.4, 0.5) is 5.82 Å². The molecule has 0 aliphatic carbocycles. The maximum absolute atomic E-state index is 13.0. The lowest BCUT2D eigenvalue weighted by Gasteiger charge is -2.33. The first-order valence-corrected chi connectivity index (χ1v) is 13.9. The van der Waals surface area contributed by atoms with Gasteiger partial charge in [-0.3, -0.25) is 4.79 Å². The van der Waals surface area contributed by atoms with Crippen molar-refractivity contribution in [2.24, 2.45) is 5.92 Å². The molecule has 9 heteroatoms. The van der Waals surface area contributed by atoms with Crippen LogP contribution in [-0.2, 0) is 26.1 Å². The van der Waals surface area contributed by atoms with Crippen molar-refractivity contribution in [3.8, 4) is 0 Å². The molecule has 5 rings (SSSR count). The lowest BCUT2D eigenvalue weighted by atomic mass is 9.97. The van der Waals surface area contributed by atoms with Gasteiger partial charge in [0.15, 0.2) is 0 Å². The van der Waals surface area contributed by atoms with Crippen LogP contribution in [0.2, 0.25) is 0 Å². The van der Waals surface area contributed by atoms with Crippen molar-refractivity contribution in [3.05, 3.63) is 65.7 Å². The largest absolute Gasteiger partial charge is 0.379 e. The number of amides is 1. The Balaban J connectivity index is 1.27. The van der Waals surface area contributed by atoms with E-state index in [9.17, 15) is 13.2 Å². The summed E-state index contributed by atoms with van der Waals surface area (Å²) in [6.07, 6.45) is 1.77. The predicted octanol–water partition coefficient (Wildman–Crippen LogP) is 3.10. The van der Waals surface area contributed by atoms with Crippen molar-refractivity contribution < 1.29 is 17.9 Å². The molecule has 2 aromatic carbocycles. The zero-order chi connectivity index (χ0) is 25.1. The average molecular weight is 509 g/mol. The summed E-state index contributed by atoms with van der Waals surface area (Å²) in [6.45, 7) is 5.60. The number of carbonyl (C=O) groups excluding carboxylic acids is 1. The van der Waals surface area contributed by atoms with Crippen molar-refractivity contribution in [1.82, 2.24) is 14.6 Å². The zero-order valence-corrected chi connectivity index (χ0v) is 21.3. The Morgan fingerprint density at radius 2 is 1.89 bits per heavy atom. The molecule has 2 fully saturated rings. The van der Waals surface area contributed by atoms with Crippen LogP contribution >= 0.6 is 0 Å². The van der Waals surface area contributed by atoms with Gasteiger partial charge in [0, 0.05) is 38.1 Å². The van der Waals surface area contributed by atoms with E-state index in [2.05, 4.69) is 23.2 Å². The minimum Gasteiger partial charge on any atom is -0.379 e. The van der Waals surface area contributed by atoms with Gasteiger partial charge >= 0.3 is 0 Å². The van der Waals surface area contributed by atoms with Gasteiger partial charge in [-0.15, -0.1) is 0 Å². The second-order valence-electron chi connectivity index (χ2n) is 9.47. The molecule has 2 aliphatic rings. The highest BCUT2D eigenvalue weighted by Crippen LogP contribution is 2.27. The second kappa shape index (κ2) is 10.5. The van der Waals surface area contributed by atoms with Gasteiger partial charge in [0.05, 0.1) is 29.5 Å². The number of nitrogens with zero attached hydrogens (tertiary/aromatic N) is 3. The number of piperidine rings is 1. The number of hydrogen-bond acceptors (Lipinski definition) is 6. The number of carbonyl (C=O) groups is 1. The van der Waals surface area contributed by atoms with E-state index in [4.69, 9.17) is 9.72 Å². The minimum absolute atomic E-state index is 0.0710. The van der Waals surface area contributed by atoms with Crippen molar-refractivity contribution in [3.63, 3.8) is 0 Å². The predicted molar refractivity (Wildman–Crippen MR) is 139 cm³/mol. The van der Waals surface area contributed by atoms with Gasteiger partial charge in [0.2, 0.25) is 15.9 Å². The van der Waals surface area contributed by atoms with E-state index < -0.39 is 10.0 Å². The quantitative estimate of drug-likeness (QED) is 0.550. The molecular weight excluding hydrogens is 476 g/mol. The van der Waals surface area contributed by atoms with E-state index in [0.29, 0.717) is 39.4 Å². The first kappa shape index (κ1) is 24.7. The highest BCUT2D eigenvalue weighted by molar-refractivity contribution is 7.89. The summed E-state index contributed by atoms with van der Waals surface area (Å²) in [6, 6.07) is 17.0. The van der Waals surface area contributed by atoms with E-state index in [1.807, 2.05) is 30.3 Å². The fourth-order valence-corrected chi connectivity index (χ4v) is 6.34. The highest BCUT2D eigenvalue weighted by Gasteiger charge is 2.28. The van der Waals surface area contributed by atoms with Gasteiger partial charge in [-0.2, -0.15) is 4.31 Å². The molecule has 1 amide bonds. The molecule has 0 spiro atoms. The SMILES string of the molecule is Cc1ccccc1CNC(=O)[C@H]1CCCN(c2ccc3cc(S(=O)(=O)N4CCOCC4)ccc3n2)C1. The minimum atomic E-state index is -3.56. The molecule has 3 heterocycles. The number of sulfonamides is 1. The Morgan fingerprint density at radius 3 is 2.69 bits per heavy atom. The fraction of sp³-hybridized carbons (Fsp3) is 0.407. The monoisotopic (exact) mass is 508 g/mol. The normalized spacial score (nSPS) is 19.4. The van der Waals surface area contributed by atoms with Gasteiger partial charge in [0.1, 0.15) is 5.82 Å². The number of aromatic nitrogens is 1. The van der Waals surface area contributed by atoms with Crippen LogP contribution in [-0.4, -0.2) is 63.0 Å². The molecule has 190 valence electrons. The number of hydrogen-bond donors (Lipinski definition) is 1. The maximum Gasteiger partial charge on any atom is 0.243 e. The van der Waals surface area contributed by atoms with Crippen LogP contribution in [0.25, 0.3) is 10.9 Å². The second-order valence-corrected chi connectivity index (χ2v) is 11.4. The van der Waals surface area contributed by atoms with Gasteiger partial charge in [0.25, 0.3) is 0 Å². The molecule has 36 heavy (non-hydrogen) atoms. The van der Waals surface area contributed by atoms with E-state index >= 15 is 0 Å². The number of rotatable bonds is 6. The number of nitrogens with one attached hydrogen (secondary N) is 1. The summed E-state index contributed by atoms with van der Waals surface area (Å²) in [4.78, 5) is 20.1. The summed E-state index contributed by atoms with van der Waals surface area (Å²) in [5.41, 5.74) is 3.04. The average Bonchev–Trinajstić information content (AvgIpc) is 2.92. The number of fused-ring (bicyclic) bond motifs is 1. The third kappa shape index (κ3) is 5.23. The first-order chi connectivity index (χ1) is 17.4. The highest BCUT2D eigenvalue weighted by atomic mass is 32.2. The van der Waals surface area contributed by atoms with Gasteiger partial charge < -0.3 is 15.0 Å². The summed E-state index contributed by atoms with van der Waals surface area (Å²) in [5, 5.41) is 3.88. The van der Waals surface area contributed by atoms with Crippen LogP contribution in [0.3, 0.4) is 0 Å². The molecule has 0 radical (unpaired) electrons. The van der Waals surface area contributed by atoms with Crippen molar-refractivity contribution >= 4 is 32.7 Å². The van der Waals surface area contributed by atoms with Crippen molar-refractivity contribution in [1.29, 1.82) is 0 Å². The molecule has 3 aromatic rings. The summed E-state index contributed by atoms with van der Waals surface area (Å²) < 4.78 is 32.8. The smallest absolute Gasteiger partial charge is 0.243 e. The molecule has 0 bridgehead atoms. The number of morpholine rings is 1. The Morgan fingerprint density at radius 1 is 1.08 bits per heavy atom. The van der Waals surface area contributed by atoms with E-state index in [1.165, 1.54) is 9.87 Å². The van der Waals surface area contributed by atoms with E-state index in [1.54, 1.807) is 18.2 Å². The molecule has 2 saturated heterocycles. The first-order valence-electron chi connectivity index (χ1n) is 12.5. The molecule has 1 N–H and O–H groups in total. The molecule has 1 atom stereocenters. The molecular formula is C27H32N4O4S. The summed E-state index contributed by atoms with van der Waals surface area (Å²) in [7, 11) is -3.56. The number of ether oxygens (including phenoxy) is 1. The molecule has 0 saturated carbocycles. The maximum atomic E-state index is 13.0. The lowest BCUT2D eigenvalue weighted by Crippen LogP contribution is -2.43. The number of benzene rings is 2. The third-order valence-corrected chi connectivity index (χ3v) is 8.98. The molecule has 2 aliphatic heterocycles. The zero-order valence-electron chi connectivity index (χ0n) is 20.5. The lowest BCUT2D eigenvalue weighted by molar-refractivity contribution is -0.125. The van der Waals surface area contributed by atoms with Gasteiger partial charge in [-0.05, 0) is 61.2 Å². The van der Waals surface area contributed by atoms with Gasteiger partial charge in [-0.1, -0.05) is 24.3 Å². The van der Waals surface area contributed by atoms with Crippen LogP contribution in [0.15, 0.2) is 59.5 Å². The number of anilines is 1.